The summed E-state index contributed by atoms with van der Waals surface area (Å²) in [4.78, 5) is 43.6. The highest BCUT2D eigenvalue weighted by Crippen LogP contribution is 2.49. The van der Waals surface area contributed by atoms with Crippen LogP contribution in [0.5, 0.6) is 0 Å². The number of carbonyl (C=O) groups is 2. The van der Waals surface area contributed by atoms with Crippen LogP contribution >= 0.6 is 0 Å². The van der Waals surface area contributed by atoms with Gasteiger partial charge in [0.15, 0.2) is 0 Å². The highest BCUT2D eigenvalue weighted by Gasteiger charge is 2.57. The number of benzene rings is 1. The summed E-state index contributed by atoms with van der Waals surface area (Å²) < 4.78 is 15.0. The quantitative estimate of drug-likeness (QED) is 0.649. The van der Waals surface area contributed by atoms with E-state index in [1.165, 1.54) is 12.1 Å². The summed E-state index contributed by atoms with van der Waals surface area (Å²) in [6.07, 6.45) is 2.91. The van der Waals surface area contributed by atoms with E-state index in [1.807, 2.05) is 6.07 Å². The van der Waals surface area contributed by atoms with Gasteiger partial charge in [-0.15, -0.1) is 0 Å². The zero-order valence-corrected chi connectivity index (χ0v) is 20.0. The minimum absolute atomic E-state index is 0.112. The molecule has 2 amide bonds. The topological polar surface area (TPSA) is 94.9 Å². The molecule has 2 aromatic rings. The van der Waals surface area contributed by atoms with Gasteiger partial charge in [-0.1, -0.05) is 12.1 Å². The van der Waals surface area contributed by atoms with E-state index in [-0.39, 0.29) is 48.3 Å². The van der Waals surface area contributed by atoms with Gasteiger partial charge in [0.1, 0.15) is 11.9 Å². The van der Waals surface area contributed by atoms with E-state index in [9.17, 15) is 23.9 Å². The molecule has 3 aliphatic rings. The fraction of sp³-hybridized carbons (Fsp3) is 0.500. The Hall–Kier alpha value is -3.04. The second-order valence-electron chi connectivity index (χ2n) is 10.2. The number of likely N-dealkylation sites (tertiary alicyclic amines) is 1. The van der Waals surface area contributed by atoms with Crippen LogP contribution in [0, 0.1) is 17.7 Å². The van der Waals surface area contributed by atoms with Crippen molar-refractivity contribution in [1.29, 1.82) is 0 Å². The summed E-state index contributed by atoms with van der Waals surface area (Å²) in [6, 6.07) is 8.14. The van der Waals surface area contributed by atoms with Crippen molar-refractivity contribution < 1.29 is 19.1 Å². The Kier molecular flexibility index (Phi) is 6.23. The third-order valence-electron chi connectivity index (χ3n) is 7.69. The molecule has 35 heavy (non-hydrogen) atoms. The lowest BCUT2D eigenvalue weighted by Gasteiger charge is -2.34. The van der Waals surface area contributed by atoms with Crippen LogP contribution in [0.3, 0.4) is 0 Å². The number of rotatable bonds is 6. The van der Waals surface area contributed by atoms with Gasteiger partial charge in [-0.05, 0) is 63.2 Å². The molecule has 5 rings (SSSR count). The highest BCUT2D eigenvalue weighted by atomic mass is 19.1. The molecular formula is C26H31FN4O4. The SMILES string of the molecule is CN(C)CC(=O)N1[C@H](C(=O)NC2CCC2)[C@@H](CO)[C@@H]2Cn3c(ccc(-c4ccc(F)cc4)c3=O)[C@@H]21. The molecule has 1 aliphatic carbocycles. The van der Waals surface area contributed by atoms with E-state index >= 15 is 0 Å². The Balaban J connectivity index is 1.55. The first-order valence-electron chi connectivity index (χ1n) is 12.2. The number of hydrogen-bond acceptors (Lipinski definition) is 5. The predicted molar refractivity (Wildman–Crippen MR) is 128 cm³/mol. The Morgan fingerprint density at radius 3 is 2.46 bits per heavy atom. The van der Waals surface area contributed by atoms with Crippen LogP contribution in [0.1, 0.15) is 31.0 Å². The second kappa shape index (κ2) is 9.20. The van der Waals surface area contributed by atoms with Crippen molar-refractivity contribution in [1.82, 2.24) is 19.7 Å². The number of aliphatic hydroxyl groups excluding tert-OH is 1. The summed E-state index contributed by atoms with van der Waals surface area (Å²) in [5, 5.41) is 13.4. The van der Waals surface area contributed by atoms with Gasteiger partial charge in [0.05, 0.1) is 12.6 Å². The zero-order valence-electron chi connectivity index (χ0n) is 20.0. The van der Waals surface area contributed by atoms with Crippen LogP contribution in [-0.2, 0) is 16.1 Å². The van der Waals surface area contributed by atoms with Crippen LogP contribution in [-0.4, -0.2) is 70.6 Å². The summed E-state index contributed by atoms with van der Waals surface area (Å²) in [5.74, 6) is -1.57. The fourth-order valence-corrected chi connectivity index (χ4v) is 5.81. The van der Waals surface area contributed by atoms with Crippen molar-refractivity contribution in [2.45, 2.75) is 43.9 Å². The van der Waals surface area contributed by atoms with Gasteiger partial charge < -0.3 is 24.8 Å². The van der Waals surface area contributed by atoms with Crippen molar-refractivity contribution in [2.75, 3.05) is 27.2 Å². The Morgan fingerprint density at radius 1 is 1.14 bits per heavy atom. The van der Waals surface area contributed by atoms with E-state index in [0.717, 1.165) is 19.3 Å². The minimum atomic E-state index is -0.788. The van der Waals surface area contributed by atoms with E-state index in [2.05, 4.69) is 5.32 Å². The highest BCUT2D eigenvalue weighted by molar-refractivity contribution is 5.90. The fourth-order valence-electron chi connectivity index (χ4n) is 5.81. The molecule has 0 unspecified atom stereocenters. The number of aliphatic hydroxyl groups is 1. The van der Waals surface area contributed by atoms with E-state index in [0.29, 0.717) is 23.4 Å². The first-order chi connectivity index (χ1) is 16.8. The Labute approximate surface area is 203 Å². The molecule has 0 radical (unpaired) electrons. The lowest BCUT2D eigenvalue weighted by Crippen LogP contribution is -2.54. The third kappa shape index (κ3) is 4.06. The smallest absolute Gasteiger partial charge is 0.258 e. The molecule has 2 aliphatic heterocycles. The van der Waals surface area contributed by atoms with Gasteiger partial charge in [0.25, 0.3) is 5.56 Å². The lowest BCUT2D eigenvalue weighted by atomic mass is 9.87. The van der Waals surface area contributed by atoms with E-state index in [1.54, 1.807) is 46.7 Å². The van der Waals surface area contributed by atoms with Crippen molar-refractivity contribution in [3.8, 4) is 11.1 Å². The van der Waals surface area contributed by atoms with Gasteiger partial charge in [0.2, 0.25) is 11.8 Å². The molecule has 0 bridgehead atoms. The van der Waals surface area contributed by atoms with Crippen LogP contribution in [0.15, 0.2) is 41.2 Å². The van der Waals surface area contributed by atoms with Gasteiger partial charge in [-0.25, -0.2) is 4.39 Å². The van der Waals surface area contributed by atoms with Crippen LogP contribution in [0.2, 0.25) is 0 Å². The van der Waals surface area contributed by atoms with Crippen molar-refractivity contribution in [3.63, 3.8) is 0 Å². The number of carbonyl (C=O) groups excluding carboxylic acids is 2. The van der Waals surface area contributed by atoms with E-state index in [4.69, 9.17) is 0 Å². The molecule has 4 atom stereocenters. The third-order valence-corrected chi connectivity index (χ3v) is 7.69. The van der Waals surface area contributed by atoms with Crippen molar-refractivity contribution >= 4 is 11.8 Å². The van der Waals surface area contributed by atoms with Crippen molar-refractivity contribution in [3.05, 3.63) is 58.3 Å². The molecule has 1 aromatic carbocycles. The van der Waals surface area contributed by atoms with Gasteiger partial charge in [0, 0.05) is 42.3 Å². The number of aromatic nitrogens is 1. The first kappa shape index (κ1) is 23.7. The first-order valence-corrected chi connectivity index (χ1v) is 12.2. The monoisotopic (exact) mass is 482 g/mol. The number of fused-ring (bicyclic) bond motifs is 3. The molecule has 0 spiro atoms. The summed E-state index contributed by atoms with van der Waals surface area (Å²) in [6.45, 7) is 0.160. The minimum Gasteiger partial charge on any atom is -0.396 e. The molecule has 8 nitrogen and oxygen atoms in total. The molecule has 2 N–H and O–H groups in total. The molecule has 1 saturated heterocycles. The number of likely N-dealkylation sites (N-methyl/N-ethyl adjacent to an activating group) is 1. The maximum absolute atomic E-state index is 13.5. The normalized spacial score (nSPS) is 25.3. The molecule has 3 heterocycles. The second-order valence-corrected chi connectivity index (χ2v) is 10.2. The molecule has 186 valence electrons. The average molecular weight is 483 g/mol. The number of nitrogens with zero attached hydrogens (tertiary/aromatic N) is 3. The summed E-state index contributed by atoms with van der Waals surface area (Å²) >= 11 is 0. The number of nitrogens with one attached hydrogen (secondary N) is 1. The maximum Gasteiger partial charge on any atom is 0.258 e. The number of pyridine rings is 1. The standard InChI is InChI=1S/C26H31FN4O4/c1-29(2)13-22(33)31-23-19(20(14-32)24(31)25(34)28-17-4-3-5-17)12-30-21(23)11-10-18(26(30)35)15-6-8-16(27)9-7-15/h6-11,17,19-20,23-24,32H,3-5,12-14H2,1-2H3,(H,28,34)/t19-,20-,23+,24-/m0/s1. The molecule has 1 saturated carbocycles. The van der Waals surface area contributed by atoms with E-state index < -0.39 is 18.0 Å². The van der Waals surface area contributed by atoms with Crippen LogP contribution in [0.4, 0.5) is 4.39 Å². The van der Waals surface area contributed by atoms with Gasteiger partial charge in [-0.2, -0.15) is 0 Å². The summed E-state index contributed by atoms with van der Waals surface area (Å²) in [7, 11) is 3.58. The van der Waals surface area contributed by atoms with Crippen LogP contribution < -0.4 is 10.9 Å². The van der Waals surface area contributed by atoms with Gasteiger partial charge >= 0.3 is 0 Å². The van der Waals surface area contributed by atoms with Gasteiger partial charge in [-0.3, -0.25) is 14.4 Å². The molecule has 9 heteroatoms. The molecule has 1 aromatic heterocycles. The largest absolute Gasteiger partial charge is 0.396 e. The van der Waals surface area contributed by atoms with Crippen molar-refractivity contribution in [2.24, 2.45) is 11.8 Å². The Morgan fingerprint density at radius 2 is 1.86 bits per heavy atom. The maximum atomic E-state index is 13.5. The number of halogens is 1. The number of hydrogen-bond donors (Lipinski definition) is 2. The molecular weight excluding hydrogens is 451 g/mol. The Bertz CT molecular complexity index is 1190. The molecule has 2 fully saturated rings. The van der Waals surface area contributed by atoms with Crippen LogP contribution in [0.25, 0.3) is 11.1 Å². The average Bonchev–Trinajstić information content (AvgIpc) is 3.31. The predicted octanol–water partition coefficient (Wildman–Crippen LogP) is 1.37. The lowest BCUT2D eigenvalue weighted by molar-refractivity contribution is -0.142. The summed E-state index contributed by atoms with van der Waals surface area (Å²) in [5.41, 5.74) is 1.49. The zero-order chi connectivity index (χ0) is 24.9. The number of amides is 2.